The van der Waals surface area contributed by atoms with Crippen molar-refractivity contribution in [1.29, 1.82) is 0 Å². The Labute approximate surface area is 115 Å². The number of thiophene rings is 1. The van der Waals surface area contributed by atoms with Gasteiger partial charge in [-0.2, -0.15) is 11.3 Å². The van der Waals surface area contributed by atoms with E-state index >= 15 is 0 Å². The number of anilines is 1. The highest BCUT2D eigenvalue weighted by Crippen LogP contribution is 2.30. The van der Waals surface area contributed by atoms with Crippen LogP contribution in [0.4, 0.5) is 5.69 Å². The molecule has 1 fully saturated rings. The lowest BCUT2D eigenvalue weighted by atomic mass is 10.2. The molecule has 2 aromatic rings. The largest absolute Gasteiger partial charge is 0.397 e. The van der Waals surface area contributed by atoms with Gasteiger partial charge in [0.25, 0.3) is 5.91 Å². The standard InChI is InChI=1S/C14H15N3OS/c15-11-1-4-13(16-7-11)14(18)17(12-2-3-12)8-10-5-6-19-9-10/h1,4-7,9,12H,2-3,8,15H2. The molecule has 1 aliphatic rings. The fraction of sp³-hybridized carbons (Fsp3) is 0.286. The fourth-order valence-corrected chi connectivity index (χ4v) is 2.67. The molecule has 5 heteroatoms. The van der Waals surface area contributed by atoms with Gasteiger partial charge < -0.3 is 10.6 Å². The molecule has 0 aliphatic heterocycles. The van der Waals surface area contributed by atoms with Crippen LogP contribution in [0.15, 0.2) is 35.2 Å². The third-order valence-corrected chi connectivity index (χ3v) is 3.92. The summed E-state index contributed by atoms with van der Waals surface area (Å²) in [6, 6.07) is 5.84. The molecular formula is C14H15N3OS. The highest BCUT2D eigenvalue weighted by molar-refractivity contribution is 7.07. The molecule has 1 aliphatic carbocycles. The summed E-state index contributed by atoms with van der Waals surface area (Å²) in [5.74, 6) is -0.00583. The number of hydrogen-bond acceptors (Lipinski definition) is 4. The summed E-state index contributed by atoms with van der Waals surface area (Å²) in [5.41, 5.74) is 7.82. The Bertz CT molecular complexity index is 561. The summed E-state index contributed by atoms with van der Waals surface area (Å²) < 4.78 is 0. The van der Waals surface area contributed by atoms with Crippen LogP contribution in [0.1, 0.15) is 28.9 Å². The van der Waals surface area contributed by atoms with E-state index in [1.165, 1.54) is 11.8 Å². The second-order valence-corrected chi connectivity index (χ2v) is 5.55. The lowest BCUT2D eigenvalue weighted by molar-refractivity contribution is 0.0724. The number of carbonyl (C=O) groups excluding carboxylic acids is 1. The Hall–Kier alpha value is -1.88. The monoisotopic (exact) mass is 273 g/mol. The second-order valence-electron chi connectivity index (χ2n) is 4.77. The molecule has 0 radical (unpaired) electrons. The number of nitrogen functional groups attached to an aromatic ring is 1. The van der Waals surface area contributed by atoms with Gasteiger partial charge in [-0.15, -0.1) is 0 Å². The van der Waals surface area contributed by atoms with Gasteiger partial charge in [0.2, 0.25) is 0 Å². The molecule has 98 valence electrons. The zero-order valence-electron chi connectivity index (χ0n) is 10.5. The molecular weight excluding hydrogens is 258 g/mol. The van der Waals surface area contributed by atoms with E-state index in [9.17, 15) is 4.79 Å². The van der Waals surface area contributed by atoms with E-state index in [0.717, 1.165) is 12.8 Å². The maximum absolute atomic E-state index is 12.5. The average molecular weight is 273 g/mol. The predicted molar refractivity (Wildman–Crippen MR) is 75.9 cm³/mol. The van der Waals surface area contributed by atoms with E-state index in [0.29, 0.717) is 24.0 Å². The van der Waals surface area contributed by atoms with Gasteiger partial charge in [0.15, 0.2) is 0 Å². The molecule has 0 bridgehead atoms. The molecule has 19 heavy (non-hydrogen) atoms. The SMILES string of the molecule is Nc1ccc(C(=O)N(Cc2ccsc2)C2CC2)nc1. The Morgan fingerprint density at radius 3 is 2.84 bits per heavy atom. The molecule has 0 unspecified atom stereocenters. The van der Waals surface area contributed by atoms with Crippen molar-refractivity contribution in [2.75, 3.05) is 5.73 Å². The van der Waals surface area contributed by atoms with Gasteiger partial charge in [-0.25, -0.2) is 4.98 Å². The molecule has 4 nitrogen and oxygen atoms in total. The molecule has 1 saturated carbocycles. The number of pyridine rings is 1. The van der Waals surface area contributed by atoms with Crippen molar-refractivity contribution in [1.82, 2.24) is 9.88 Å². The maximum Gasteiger partial charge on any atom is 0.272 e. The van der Waals surface area contributed by atoms with Crippen molar-refractivity contribution < 1.29 is 4.79 Å². The minimum atomic E-state index is -0.00583. The second kappa shape index (κ2) is 5.01. The lowest BCUT2D eigenvalue weighted by Gasteiger charge is -2.21. The first-order valence-corrected chi connectivity index (χ1v) is 7.22. The van der Waals surface area contributed by atoms with Crippen LogP contribution in [0.3, 0.4) is 0 Å². The highest BCUT2D eigenvalue weighted by atomic mass is 32.1. The minimum Gasteiger partial charge on any atom is -0.397 e. The summed E-state index contributed by atoms with van der Waals surface area (Å²) in [5, 5.41) is 4.12. The van der Waals surface area contributed by atoms with Crippen molar-refractivity contribution in [2.24, 2.45) is 0 Å². The van der Waals surface area contributed by atoms with Crippen molar-refractivity contribution in [3.05, 3.63) is 46.4 Å². The Balaban J connectivity index is 1.79. The van der Waals surface area contributed by atoms with Gasteiger partial charge in [-0.3, -0.25) is 4.79 Å². The van der Waals surface area contributed by atoms with Crippen LogP contribution in [0.2, 0.25) is 0 Å². The van der Waals surface area contributed by atoms with Crippen molar-refractivity contribution in [3.8, 4) is 0 Å². The van der Waals surface area contributed by atoms with E-state index < -0.39 is 0 Å². The third-order valence-electron chi connectivity index (χ3n) is 3.19. The molecule has 2 aromatic heterocycles. The number of amides is 1. The highest BCUT2D eigenvalue weighted by Gasteiger charge is 2.33. The predicted octanol–water partition coefficient (Wildman–Crippen LogP) is 2.53. The normalized spacial score (nSPS) is 14.3. The van der Waals surface area contributed by atoms with Crippen LogP contribution < -0.4 is 5.73 Å². The van der Waals surface area contributed by atoms with Crippen molar-refractivity contribution in [3.63, 3.8) is 0 Å². The van der Waals surface area contributed by atoms with E-state index in [-0.39, 0.29) is 5.91 Å². The summed E-state index contributed by atoms with van der Waals surface area (Å²) in [6.45, 7) is 0.666. The Kier molecular flexibility index (Phi) is 3.21. The fourth-order valence-electron chi connectivity index (χ4n) is 2.01. The Morgan fingerprint density at radius 1 is 1.42 bits per heavy atom. The molecule has 0 atom stereocenters. The van der Waals surface area contributed by atoms with Gasteiger partial charge >= 0.3 is 0 Å². The number of rotatable bonds is 4. The molecule has 0 saturated heterocycles. The Morgan fingerprint density at radius 2 is 2.26 bits per heavy atom. The van der Waals surface area contributed by atoms with E-state index in [1.807, 2.05) is 10.3 Å². The molecule has 0 spiro atoms. The van der Waals surface area contributed by atoms with Crippen LogP contribution in [-0.2, 0) is 6.54 Å². The molecule has 2 heterocycles. The number of aromatic nitrogens is 1. The van der Waals surface area contributed by atoms with Gasteiger partial charge in [0.05, 0.1) is 11.9 Å². The van der Waals surface area contributed by atoms with Crippen molar-refractivity contribution >= 4 is 22.9 Å². The maximum atomic E-state index is 12.5. The number of carbonyl (C=O) groups is 1. The topological polar surface area (TPSA) is 59.2 Å². The zero-order valence-corrected chi connectivity index (χ0v) is 11.3. The van der Waals surface area contributed by atoms with Gasteiger partial charge in [-0.05, 0) is 47.4 Å². The van der Waals surface area contributed by atoms with Crippen LogP contribution in [0, 0.1) is 0 Å². The quantitative estimate of drug-likeness (QED) is 0.931. The first kappa shape index (κ1) is 12.2. The van der Waals surface area contributed by atoms with E-state index in [2.05, 4.69) is 16.4 Å². The first-order valence-electron chi connectivity index (χ1n) is 6.27. The van der Waals surface area contributed by atoms with Gasteiger partial charge in [-0.1, -0.05) is 0 Å². The zero-order chi connectivity index (χ0) is 13.2. The minimum absolute atomic E-state index is 0.00583. The molecule has 1 amide bonds. The third kappa shape index (κ3) is 2.76. The van der Waals surface area contributed by atoms with Crippen molar-refractivity contribution in [2.45, 2.75) is 25.4 Å². The van der Waals surface area contributed by atoms with Crippen LogP contribution >= 0.6 is 11.3 Å². The number of nitrogens with zero attached hydrogens (tertiary/aromatic N) is 2. The summed E-state index contributed by atoms with van der Waals surface area (Å²) in [7, 11) is 0. The smallest absolute Gasteiger partial charge is 0.272 e. The summed E-state index contributed by atoms with van der Waals surface area (Å²) in [4.78, 5) is 18.5. The lowest BCUT2D eigenvalue weighted by Crippen LogP contribution is -2.33. The van der Waals surface area contributed by atoms with E-state index in [1.54, 1.807) is 23.5 Å². The van der Waals surface area contributed by atoms with Crippen LogP contribution in [-0.4, -0.2) is 21.8 Å². The summed E-state index contributed by atoms with van der Waals surface area (Å²) >= 11 is 1.65. The molecule has 3 rings (SSSR count). The van der Waals surface area contributed by atoms with Crippen LogP contribution in [0.5, 0.6) is 0 Å². The number of hydrogen-bond donors (Lipinski definition) is 1. The molecule has 0 aromatic carbocycles. The average Bonchev–Trinajstić information content (AvgIpc) is 3.13. The number of nitrogens with two attached hydrogens (primary N) is 1. The van der Waals surface area contributed by atoms with Gasteiger partial charge in [0, 0.05) is 12.6 Å². The first-order chi connectivity index (χ1) is 9.24. The molecule has 2 N–H and O–H groups in total. The summed E-state index contributed by atoms with van der Waals surface area (Å²) in [6.07, 6.45) is 3.71. The van der Waals surface area contributed by atoms with Gasteiger partial charge in [0.1, 0.15) is 5.69 Å². The van der Waals surface area contributed by atoms with E-state index in [4.69, 9.17) is 5.73 Å². The van der Waals surface area contributed by atoms with Crippen LogP contribution in [0.25, 0.3) is 0 Å².